The van der Waals surface area contributed by atoms with Gasteiger partial charge < -0.3 is 4.42 Å². The Bertz CT molecular complexity index is 1040. The second-order valence-electron chi connectivity index (χ2n) is 6.21. The maximum Gasteiger partial charge on any atom is 0.270 e. The quantitative estimate of drug-likeness (QED) is 0.385. The zero-order chi connectivity index (χ0) is 19.5. The van der Waals surface area contributed by atoms with Crippen LogP contribution in [0.15, 0.2) is 89.0 Å². The molecule has 1 aromatic heterocycles. The smallest absolute Gasteiger partial charge is 0.270 e. The fourth-order valence-corrected chi connectivity index (χ4v) is 3.34. The predicted octanol–water partition coefficient (Wildman–Crippen LogP) is 4.02. The molecule has 6 heteroatoms. The number of furan rings is 1. The Morgan fingerprint density at radius 3 is 2.18 bits per heavy atom. The number of thiocarbonyl (C=S) groups is 1. The average Bonchev–Trinajstić information content (AvgIpc) is 3.24. The zero-order valence-electron chi connectivity index (χ0n) is 14.8. The molecule has 0 unspecified atom stereocenters. The molecule has 0 N–H and O–H groups in total. The molecule has 0 aliphatic carbocycles. The Hall–Kier alpha value is -3.51. The van der Waals surface area contributed by atoms with Crippen LogP contribution in [0.5, 0.6) is 0 Å². The molecule has 0 spiro atoms. The lowest BCUT2D eigenvalue weighted by Crippen LogP contribution is -2.56. The number of hydrogen-bond donors (Lipinski definition) is 0. The number of benzene rings is 2. The average molecular weight is 388 g/mol. The van der Waals surface area contributed by atoms with E-state index in [1.165, 1.54) is 22.1 Å². The van der Waals surface area contributed by atoms with Crippen LogP contribution in [0.4, 0.5) is 5.69 Å². The highest BCUT2D eigenvalue weighted by Crippen LogP contribution is 2.27. The number of hydrogen-bond acceptors (Lipinski definition) is 4. The minimum Gasteiger partial charge on any atom is -0.465 e. The van der Waals surface area contributed by atoms with E-state index in [-0.39, 0.29) is 17.2 Å². The molecule has 1 fully saturated rings. The monoisotopic (exact) mass is 388 g/mol. The second-order valence-corrected chi connectivity index (χ2v) is 6.57. The van der Waals surface area contributed by atoms with Crippen molar-refractivity contribution in [1.29, 1.82) is 0 Å². The lowest BCUT2D eigenvalue weighted by Gasteiger charge is -2.36. The summed E-state index contributed by atoms with van der Waals surface area (Å²) < 4.78 is 5.30. The molecule has 3 aromatic rings. The third kappa shape index (κ3) is 3.37. The lowest BCUT2D eigenvalue weighted by atomic mass is 10.1. The zero-order valence-corrected chi connectivity index (χ0v) is 15.6. The molecule has 4 rings (SSSR count). The minimum absolute atomic E-state index is 0.00309. The van der Waals surface area contributed by atoms with Gasteiger partial charge in [0.05, 0.1) is 18.5 Å². The van der Waals surface area contributed by atoms with E-state index in [0.29, 0.717) is 11.4 Å². The van der Waals surface area contributed by atoms with E-state index >= 15 is 0 Å². The number of rotatable bonds is 4. The van der Waals surface area contributed by atoms with Crippen LogP contribution in [-0.4, -0.2) is 21.8 Å². The topological polar surface area (TPSA) is 53.8 Å². The molecule has 2 amide bonds. The van der Waals surface area contributed by atoms with Gasteiger partial charge in [-0.15, -0.1) is 0 Å². The molecule has 2 heterocycles. The number of amides is 2. The van der Waals surface area contributed by atoms with Crippen molar-refractivity contribution in [1.82, 2.24) is 4.90 Å². The molecule has 2 aromatic carbocycles. The van der Waals surface area contributed by atoms with Crippen molar-refractivity contribution in [3.05, 3.63) is 96.0 Å². The molecular formula is C22H16N2O3S. The molecule has 1 aliphatic rings. The van der Waals surface area contributed by atoms with Gasteiger partial charge in [-0.3, -0.25) is 19.4 Å². The van der Waals surface area contributed by atoms with E-state index < -0.39 is 11.8 Å². The number of para-hydroxylation sites is 1. The van der Waals surface area contributed by atoms with Crippen LogP contribution in [-0.2, 0) is 16.1 Å². The Morgan fingerprint density at radius 1 is 0.857 bits per heavy atom. The van der Waals surface area contributed by atoms with Crippen molar-refractivity contribution < 1.29 is 14.0 Å². The highest BCUT2D eigenvalue weighted by Gasteiger charge is 2.40. The highest BCUT2D eigenvalue weighted by atomic mass is 32.1. The van der Waals surface area contributed by atoms with Crippen molar-refractivity contribution in [2.75, 3.05) is 4.90 Å². The molecule has 28 heavy (non-hydrogen) atoms. The maximum atomic E-state index is 13.2. The van der Waals surface area contributed by atoms with Crippen LogP contribution in [0.1, 0.15) is 11.3 Å². The van der Waals surface area contributed by atoms with Crippen LogP contribution in [0.25, 0.3) is 6.08 Å². The van der Waals surface area contributed by atoms with Gasteiger partial charge in [-0.2, -0.15) is 0 Å². The highest BCUT2D eigenvalue weighted by molar-refractivity contribution is 7.80. The van der Waals surface area contributed by atoms with E-state index in [1.54, 1.807) is 24.3 Å². The number of anilines is 1. The van der Waals surface area contributed by atoms with Gasteiger partial charge >= 0.3 is 0 Å². The molecule has 5 nitrogen and oxygen atoms in total. The summed E-state index contributed by atoms with van der Waals surface area (Å²) in [4.78, 5) is 29.1. The summed E-state index contributed by atoms with van der Waals surface area (Å²) in [6, 6.07) is 22.0. The fraction of sp³-hybridized carbons (Fsp3) is 0.0455. The Morgan fingerprint density at radius 2 is 1.54 bits per heavy atom. The van der Waals surface area contributed by atoms with Gasteiger partial charge in [0.15, 0.2) is 5.11 Å². The first-order valence-corrected chi connectivity index (χ1v) is 9.10. The van der Waals surface area contributed by atoms with Crippen molar-refractivity contribution in [2.45, 2.75) is 6.54 Å². The van der Waals surface area contributed by atoms with Crippen molar-refractivity contribution in [2.24, 2.45) is 0 Å². The van der Waals surface area contributed by atoms with E-state index in [4.69, 9.17) is 16.6 Å². The summed E-state index contributed by atoms with van der Waals surface area (Å²) in [6.45, 7) is 0.268. The number of carbonyl (C=O) groups is 2. The molecule has 0 radical (unpaired) electrons. The van der Waals surface area contributed by atoms with Gasteiger partial charge in [0, 0.05) is 0 Å². The summed E-state index contributed by atoms with van der Waals surface area (Å²) in [5.74, 6) is -0.485. The summed E-state index contributed by atoms with van der Waals surface area (Å²) in [7, 11) is 0. The van der Waals surface area contributed by atoms with Crippen LogP contribution >= 0.6 is 12.2 Å². The third-order valence-electron chi connectivity index (χ3n) is 4.36. The first-order chi connectivity index (χ1) is 13.6. The van der Waals surface area contributed by atoms with Crippen LogP contribution < -0.4 is 4.90 Å². The van der Waals surface area contributed by atoms with Crippen molar-refractivity contribution >= 4 is 40.9 Å². The minimum atomic E-state index is -0.470. The van der Waals surface area contributed by atoms with Crippen LogP contribution in [0.3, 0.4) is 0 Å². The molecule has 1 aliphatic heterocycles. The second kappa shape index (κ2) is 7.62. The third-order valence-corrected chi connectivity index (χ3v) is 4.76. The first kappa shape index (κ1) is 17.9. The maximum absolute atomic E-state index is 13.2. The summed E-state index contributed by atoms with van der Waals surface area (Å²) >= 11 is 5.54. The SMILES string of the molecule is O=C1C(=Cc2ccco2)C(=O)N(c2ccccc2)C(=S)N1Cc1ccccc1. The molecule has 0 atom stereocenters. The molecular weight excluding hydrogens is 372 g/mol. The lowest BCUT2D eigenvalue weighted by molar-refractivity contribution is -0.128. The Balaban J connectivity index is 1.78. The van der Waals surface area contributed by atoms with E-state index in [2.05, 4.69) is 0 Å². The standard InChI is InChI=1S/C22H16N2O3S/c25-20-19(14-18-12-7-13-27-18)21(26)24(17-10-5-2-6-11-17)22(28)23(20)15-16-8-3-1-4-9-16/h1-14H,15H2. The van der Waals surface area contributed by atoms with Crippen LogP contribution in [0.2, 0.25) is 0 Å². The van der Waals surface area contributed by atoms with E-state index in [0.717, 1.165) is 5.56 Å². The van der Waals surface area contributed by atoms with Gasteiger partial charge in [-0.1, -0.05) is 48.5 Å². The number of nitrogens with zero attached hydrogens (tertiary/aromatic N) is 2. The predicted molar refractivity (Wildman–Crippen MR) is 110 cm³/mol. The summed E-state index contributed by atoms with van der Waals surface area (Å²) in [5.41, 5.74) is 1.52. The molecule has 1 saturated heterocycles. The first-order valence-electron chi connectivity index (χ1n) is 8.69. The number of carbonyl (C=O) groups excluding carboxylic acids is 2. The van der Waals surface area contributed by atoms with Gasteiger partial charge in [0.1, 0.15) is 11.3 Å². The van der Waals surface area contributed by atoms with Gasteiger partial charge in [-0.05, 0) is 48.1 Å². The molecule has 0 bridgehead atoms. The van der Waals surface area contributed by atoms with Gasteiger partial charge in [0.2, 0.25) is 0 Å². The fourth-order valence-electron chi connectivity index (χ4n) is 3.00. The van der Waals surface area contributed by atoms with E-state index in [9.17, 15) is 9.59 Å². The Kier molecular flexibility index (Phi) is 4.87. The largest absolute Gasteiger partial charge is 0.465 e. The summed E-state index contributed by atoms with van der Waals surface area (Å²) in [5, 5.41) is 0.154. The Labute approximate surface area is 167 Å². The van der Waals surface area contributed by atoms with Crippen molar-refractivity contribution in [3.8, 4) is 0 Å². The molecule has 0 saturated carbocycles. The summed E-state index contributed by atoms with van der Waals surface area (Å²) in [6.07, 6.45) is 2.95. The molecule has 138 valence electrons. The van der Waals surface area contributed by atoms with E-state index in [1.807, 2.05) is 48.5 Å². The van der Waals surface area contributed by atoms with Gasteiger partial charge in [-0.25, -0.2) is 0 Å². The normalized spacial score (nSPS) is 16.1. The van der Waals surface area contributed by atoms with Crippen LogP contribution in [0, 0.1) is 0 Å². The van der Waals surface area contributed by atoms with Crippen molar-refractivity contribution in [3.63, 3.8) is 0 Å². The van der Waals surface area contributed by atoms with Gasteiger partial charge in [0.25, 0.3) is 11.8 Å².